The molecule has 1 unspecified atom stereocenters. The number of hydrogen-bond donors (Lipinski definition) is 2. The van der Waals surface area contributed by atoms with Crippen LogP contribution in [0.2, 0.25) is 5.02 Å². The lowest BCUT2D eigenvalue weighted by Gasteiger charge is -2.38. The number of likely N-dealkylation sites (tertiary alicyclic amines) is 1. The molecule has 2 amide bonds. The maximum atomic E-state index is 13.7. The summed E-state index contributed by atoms with van der Waals surface area (Å²) in [7, 11) is -3.64. The van der Waals surface area contributed by atoms with Crippen molar-refractivity contribution < 1.29 is 37.8 Å². The topological polar surface area (TPSA) is 153 Å². The highest BCUT2D eigenvalue weighted by molar-refractivity contribution is 7.89. The molecule has 3 aromatic rings. The highest BCUT2D eigenvalue weighted by atomic mass is 35.5. The summed E-state index contributed by atoms with van der Waals surface area (Å²) in [5.41, 5.74) is 2.66. The van der Waals surface area contributed by atoms with Crippen molar-refractivity contribution in [1.29, 1.82) is 0 Å². The minimum Gasteiger partial charge on any atom is -0.478 e. The summed E-state index contributed by atoms with van der Waals surface area (Å²) in [4.78, 5) is 48.4. The Balaban J connectivity index is 0.000000463. The smallest absolute Gasteiger partial charge is 0.328 e. The summed E-state index contributed by atoms with van der Waals surface area (Å²) in [5.74, 6) is -2.97. The summed E-state index contributed by atoms with van der Waals surface area (Å²) in [5, 5.41) is 16.2. The van der Waals surface area contributed by atoms with Crippen molar-refractivity contribution in [1.82, 2.24) is 14.1 Å². The van der Waals surface area contributed by atoms with Gasteiger partial charge in [-0.15, -0.1) is 0 Å². The molecule has 11 nitrogen and oxygen atoms in total. The van der Waals surface area contributed by atoms with Crippen molar-refractivity contribution in [2.24, 2.45) is 0 Å². The standard InChI is InChI=1S/C29H28ClN3O4S.C4H4O4/c30-21-12-10-20(11-13-21)27-25-8-3-4-9-26(25)38(36,37)33(27)22-14-18-31(19-15-22)16-5-17-32-28(34)23-6-1-2-7-24(23)29(32)35;5-3(6)1-2-4(7)8/h1-4,6-13,22,27H,5,14-19H2;1-2H,(H,5,6)(H,7,8)/b;2-1-. The van der Waals surface area contributed by atoms with Crippen LogP contribution in [0.3, 0.4) is 0 Å². The SMILES string of the molecule is O=C(O)/C=C\C(=O)O.O=C1c2ccccc2C(=O)N1CCCN1CCC(N2C(c3ccc(Cl)cc3)c3ccccc3S2(=O)=O)CC1. The van der Waals surface area contributed by atoms with Crippen LogP contribution in [0.1, 0.15) is 57.1 Å². The zero-order valence-electron chi connectivity index (χ0n) is 24.7. The number of fused-ring (bicyclic) bond motifs is 2. The Kier molecular flexibility index (Phi) is 10.0. The molecule has 3 aliphatic rings. The lowest BCUT2D eigenvalue weighted by molar-refractivity contribution is -0.134. The molecular weight excluding hydrogens is 634 g/mol. The zero-order chi connectivity index (χ0) is 33.0. The largest absolute Gasteiger partial charge is 0.478 e. The van der Waals surface area contributed by atoms with Crippen molar-refractivity contribution in [2.75, 3.05) is 26.2 Å². The number of nitrogens with zero attached hydrogens (tertiary/aromatic N) is 3. The summed E-state index contributed by atoms with van der Waals surface area (Å²) < 4.78 is 29.1. The van der Waals surface area contributed by atoms with Gasteiger partial charge in [0.25, 0.3) is 11.8 Å². The molecule has 6 rings (SSSR count). The molecule has 0 saturated carbocycles. The predicted molar refractivity (Wildman–Crippen MR) is 169 cm³/mol. The van der Waals surface area contributed by atoms with Crippen LogP contribution >= 0.6 is 11.6 Å². The minimum atomic E-state index is -3.64. The number of carboxylic acid groups (broad SMARTS) is 2. The molecule has 3 heterocycles. The summed E-state index contributed by atoms with van der Waals surface area (Å²) in [6.45, 7) is 2.62. The Morgan fingerprint density at radius 3 is 1.91 bits per heavy atom. The molecule has 0 aliphatic carbocycles. The van der Waals surface area contributed by atoms with Gasteiger partial charge in [-0.25, -0.2) is 18.0 Å². The number of halogens is 1. The number of amides is 2. The first kappa shape index (κ1) is 33.0. The number of benzene rings is 3. The predicted octanol–water partition coefficient (Wildman–Crippen LogP) is 4.30. The van der Waals surface area contributed by atoms with E-state index in [4.69, 9.17) is 21.8 Å². The average molecular weight is 666 g/mol. The second kappa shape index (κ2) is 14.0. The van der Waals surface area contributed by atoms with E-state index in [0.717, 1.165) is 30.8 Å². The number of aliphatic carboxylic acids is 2. The molecule has 13 heteroatoms. The van der Waals surface area contributed by atoms with Gasteiger partial charge in [0.2, 0.25) is 10.0 Å². The van der Waals surface area contributed by atoms with Gasteiger partial charge in [0.1, 0.15) is 0 Å². The molecule has 3 aromatic carbocycles. The van der Waals surface area contributed by atoms with Crippen molar-refractivity contribution in [3.05, 3.63) is 112 Å². The van der Waals surface area contributed by atoms with Crippen LogP contribution in [0.25, 0.3) is 0 Å². The number of imide groups is 1. The van der Waals surface area contributed by atoms with Gasteiger partial charge in [0.05, 0.1) is 22.1 Å². The molecule has 0 bridgehead atoms. The van der Waals surface area contributed by atoms with Gasteiger partial charge in [-0.3, -0.25) is 14.5 Å². The van der Waals surface area contributed by atoms with Crippen LogP contribution in [-0.2, 0) is 19.6 Å². The molecule has 3 aliphatic heterocycles. The Morgan fingerprint density at radius 1 is 0.804 bits per heavy atom. The molecule has 1 fully saturated rings. The Hall–Kier alpha value is -4.36. The summed E-state index contributed by atoms with van der Waals surface area (Å²) in [6, 6.07) is 21.1. The molecule has 2 N–H and O–H groups in total. The van der Waals surface area contributed by atoms with Gasteiger partial charge in [-0.1, -0.05) is 54.1 Å². The van der Waals surface area contributed by atoms with Crippen LogP contribution in [0.15, 0.2) is 89.8 Å². The zero-order valence-corrected chi connectivity index (χ0v) is 26.2. The fraction of sp³-hybridized carbons (Fsp3) is 0.273. The number of carbonyl (C=O) groups excluding carboxylic acids is 2. The second-order valence-electron chi connectivity index (χ2n) is 11.1. The first-order chi connectivity index (χ1) is 22.0. The third-order valence-electron chi connectivity index (χ3n) is 8.23. The minimum absolute atomic E-state index is 0.124. The Morgan fingerprint density at radius 2 is 1.35 bits per heavy atom. The fourth-order valence-corrected chi connectivity index (χ4v) is 8.34. The molecular formula is C33H32ClN3O8S. The van der Waals surface area contributed by atoms with Gasteiger partial charge < -0.3 is 15.1 Å². The molecule has 1 saturated heterocycles. The van der Waals surface area contributed by atoms with Gasteiger partial charge in [-0.05, 0) is 80.4 Å². The van der Waals surface area contributed by atoms with E-state index in [0.29, 0.717) is 59.0 Å². The van der Waals surface area contributed by atoms with Crippen molar-refractivity contribution >= 4 is 45.4 Å². The highest BCUT2D eigenvalue weighted by Crippen LogP contribution is 2.46. The van der Waals surface area contributed by atoms with Crippen LogP contribution in [0, 0.1) is 0 Å². The van der Waals surface area contributed by atoms with E-state index < -0.39 is 22.0 Å². The lowest BCUT2D eigenvalue weighted by Crippen LogP contribution is -2.47. The summed E-state index contributed by atoms with van der Waals surface area (Å²) in [6.07, 6.45) is 3.22. The number of carbonyl (C=O) groups is 4. The molecule has 0 aromatic heterocycles. The first-order valence-electron chi connectivity index (χ1n) is 14.7. The number of sulfonamides is 1. The van der Waals surface area contributed by atoms with Crippen LogP contribution < -0.4 is 0 Å². The molecule has 240 valence electrons. The Bertz CT molecular complexity index is 1740. The van der Waals surface area contributed by atoms with E-state index in [1.54, 1.807) is 52.8 Å². The molecule has 1 atom stereocenters. The number of rotatable bonds is 8. The van der Waals surface area contributed by atoms with Gasteiger partial charge in [0, 0.05) is 29.8 Å². The third kappa shape index (κ3) is 6.90. The number of hydrogen-bond acceptors (Lipinski definition) is 7. The number of piperidine rings is 1. The van der Waals surface area contributed by atoms with E-state index >= 15 is 0 Å². The normalized spacial score (nSPS) is 19.5. The molecule has 0 radical (unpaired) electrons. The van der Waals surface area contributed by atoms with E-state index in [9.17, 15) is 27.6 Å². The van der Waals surface area contributed by atoms with E-state index in [-0.39, 0.29) is 23.9 Å². The monoisotopic (exact) mass is 665 g/mol. The van der Waals surface area contributed by atoms with Crippen molar-refractivity contribution in [3.8, 4) is 0 Å². The lowest BCUT2D eigenvalue weighted by atomic mass is 9.95. The van der Waals surface area contributed by atoms with Gasteiger partial charge in [0.15, 0.2) is 0 Å². The van der Waals surface area contributed by atoms with E-state index in [1.807, 2.05) is 24.3 Å². The molecule has 0 spiro atoms. The van der Waals surface area contributed by atoms with Crippen LogP contribution in [0.4, 0.5) is 0 Å². The number of carboxylic acids is 2. The third-order valence-corrected chi connectivity index (χ3v) is 10.5. The molecule has 46 heavy (non-hydrogen) atoms. The first-order valence-corrected chi connectivity index (χ1v) is 16.5. The van der Waals surface area contributed by atoms with Gasteiger partial charge >= 0.3 is 11.9 Å². The highest BCUT2D eigenvalue weighted by Gasteiger charge is 2.47. The Labute approximate surface area is 271 Å². The van der Waals surface area contributed by atoms with Gasteiger partial charge in [-0.2, -0.15) is 4.31 Å². The van der Waals surface area contributed by atoms with E-state index in [2.05, 4.69) is 4.90 Å². The quantitative estimate of drug-likeness (QED) is 0.265. The second-order valence-corrected chi connectivity index (χ2v) is 13.3. The van der Waals surface area contributed by atoms with E-state index in [1.165, 1.54) is 4.90 Å². The van der Waals surface area contributed by atoms with Crippen molar-refractivity contribution in [2.45, 2.75) is 36.2 Å². The van der Waals surface area contributed by atoms with Crippen LogP contribution in [-0.4, -0.2) is 88.7 Å². The average Bonchev–Trinajstić information content (AvgIpc) is 3.43. The van der Waals surface area contributed by atoms with Crippen LogP contribution in [0.5, 0.6) is 0 Å². The maximum absolute atomic E-state index is 13.7. The summed E-state index contributed by atoms with van der Waals surface area (Å²) >= 11 is 6.12. The maximum Gasteiger partial charge on any atom is 0.328 e. The van der Waals surface area contributed by atoms with Crippen molar-refractivity contribution in [3.63, 3.8) is 0 Å². The fourth-order valence-electron chi connectivity index (χ4n) is 6.14.